The molecule has 9 heteroatoms. The number of carbonyl (C=O) groups is 1. The third kappa shape index (κ3) is 16.6. The highest BCUT2D eigenvalue weighted by atomic mass is 32.2. The van der Waals surface area contributed by atoms with Crippen LogP contribution in [0.4, 0.5) is 0 Å². The zero-order chi connectivity index (χ0) is 26.5. The van der Waals surface area contributed by atoms with E-state index in [9.17, 15) is 14.5 Å². The lowest BCUT2D eigenvalue weighted by Gasteiger charge is -2.27. The van der Waals surface area contributed by atoms with E-state index in [2.05, 4.69) is 25.6 Å². The number of aliphatic carboxylic acids is 1. The van der Waals surface area contributed by atoms with Gasteiger partial charge >= 0.3 is 5.97 Å². The average molecular weight is 551 g/mol. The summed E-state index contributed by atoms with van der Waals surface area (Å²) in [6, 6.07) is 0. The highest BCUT2D eigenvalue weighted by molar-refractivity contribution is 7.99. The van der Waals surface area contributed by atoms with E-state index in [-0.39, 0.29) is 12.7 Å². The number of carboxylic acids is 1. The molecule has 7 nitrogen and oxygen atoms in total. The number of aliphatic hydroxyl groups is 1. The molecule has 212 valence electrons. The predicted octanol–water partition coefficient (Wildman–Crippen LogP) is 6.85. The van der Waals surface area contributed by atoms with Gasteiger partial charge < -0.3 is 24.4 Å². The minimum atomic E-state index is -2.37. The van der Waals surface area contributed by atoms with Gasteiger partial charge in [-0.15, -0.1) is 0 Å². The first kappa shape index (κ1) is 33.8. The summed E-state index contributed by atoms with van der Waals surface area (Å²) in [5, 5.41) is 16.0. The van der Waals surface area contributed by atoms with E-state index in [1.54, 1.807) is 0 Å². The quantitative estimate of drug-likeness (QED) is 0.0994. The molecule has 1 rings (SSSR count). The van der Waals surface area contributed by atoms with Crippen LogP contribution in [0, 0.1) is 0 Å². The van der Waals surface area contributed by atoms with Gasteiger partial charge in [0.15, 0.2) is 0 Å². The van der Waals surface area contributed by atoms with Crippen LogP contribution >= 0.6 is 20.2 Å². The number of thioether (sulfide) groups is 1. The van der Waals surface area contributed by atoms with Crippen molar-refractivity contribution in [3.8, 4) is 0 Å². The molecule has 0 spiro atoms. The van der Waals surface area contributed by atoms with Crippen LogP contribution in [0.3, 0.4) is 0 Å². The topological polar surface area (TPSA) is 102 Å². The summed E-state index contributed by atoms with van der Waals surface area (Å²) >= 11 is 2.09. The fourth-order valence-corrected chi connectivity index (χ4v) is 5.64. The summed E-state index contributed by atoms with van der Waals surface area (Å²) in [5.74, 6) is 0.930. The zero-order valence-electron chi connectivity index (χ0n) is 22.7. The van der Waals surface area contributed by atoms with Gasteiger partial charge in [0.25, 0.3) is 5.34 Å². The Kier molecular flexibility index (Phi) is 20.3. The summed E-state index contributed by atoms with van der Waals surface area (Å²) in [4.78, 5) is 10.8. The maximum absolute atomic E-state index is 10.8. The lowest BCUT2D eigenvalue weighted by molar-refractivity contribution is -0.154. The Labute approximate surface area is 225 Å². The van der Waals surface area contributed by atoms with Crippen molar-refractivity contribution < 1.29 is 33.8 Å². The molecule has 0 bridgehead atoms. The second-order valence-electron chi connectivity index (χ2n) is 10.0. The molecule has 1 saturated carbocycles. The maximum Gasteiger partial charge on any atom is 0.350 e. The second-order valence-corrected chi connectivity index (χ2v) is 12.2. The Morgan fingerprint density at radius 3 is 2.36 bits per heavy atom. The Hall–Kier alpha value is -0.240. The van der Waals surface area contributed by atoms with Crippen LogP contribution in [-0.2, 0) is 23.6 Å². The molecule has 0 amide bonds. The molecule has 1 fully saturated rings. The minimum Gasteiger partial charge on any atom is -0.478 e. The lowest BCUT2D eigenvalue weighted by atomic mass is 9.97. The molecule has 3 atom stereocenters. The first-order valence-corrected chi connectivity index (χ1v) is 16.1. The van der Waals surface area contributed by atoms with E-state index >= 15 is 0 Å². The van der Waals surface area contributed by atoms with Gasteiger partial charge in [-0.25, -0.2) is 4.79 Å². The lowest BCUT2D eigenvalue weighted by Crippen LogP contribution is -2.37. The van der Waals surface area contributed by atoms with Crippen LogP contribution in [0.1, 0.15) is 110 Å². The standard InChI is InChI=1S/C27H51O7PS/c1-3-24(34-25-15-10-8-11-16-25)17-21-36-20-12-7-5-4-6-9-14-23(2)33-19-13-18-32-22-27(30,35-31)26(28)29/h23-25,30H,3-22H2,1-2H3,(H,28,29). The second kappa shape index (κ2) is 21.7. The molecule has 0 aliphatic heterocycles. The first-order chi connectivity index (χ1) is 17.4. The van der Waals surface area contributed by atoms with Gasteiger partial charge in [0.1, 0.15) is 0 Å². The minimum absolute atomic E-state index is 0.187. The van der Waals surface area contributed by atoms with Gasteiger partial charge in [-0.3, -0.25) is 4.57 Å². The summed E-state index contributed by atoms with van der Waals surface area (Å²) in [5.41, 5.74) is 0. The van der Waals surface area contributed by atoms with Crippen molar-refractivity contribution in [3.63, 3.8) is 0 Å². The van der Waals surface area contributed by atoms with E-state index in [0.29, 0.717) is 25.2 Å². The normalized spacial score (nSPS) is 18.2. The molecule has 0 radical (unpaired) electrons. The molecule has 2 N–H and O–H groups in total. The van der Waals surface area contributed by atoms with Crippen LogP contribution in [0.15, 0.2) is 0 Å². The Bertz CT molecular complexity index is 562. The predicted molar refractivity (Wildman–Crippen MR) is 147 cm³/mol. The average Bonchev–Trinajstić information content (AvgIpc) is 2.88. The van der Waals surface area contributed by atoms with Crippen molar-refractivity contribution in [1.29, 1.82) is 0 Å². The smallest absolute Gasteiger partial charge is 0.350 e. The fraction of sp³-hybridized carbons (Fsp3) is 0.963. The highest BCUT2D eigenvalue weighted by Gasteiger charge is 2.37. The number of carboxylic acid groups (broad SMARTS) is 1. The largest absolute Gasteiger partial charge is 0.478 e. The van der Waals surface area contributed by atoms with Gasteiger partial charge in [-0.2, -0.15) is 11.8 Å². The molecule has 0 aromatic heterocycles. The van der Waals surface area contributed by atoms with Crippen LogP contribution in [-0.4, -0.2) is 71.2 Å². The van der Waals surface area contributed by atoms with Crippen molar-refractivity contribution >= 4 is 26.2 Å². The van der Waals surface area contributed by atoms with Gasteiger partial charge in [0.2, 0.25) is 8.46 Å². The number of hydrogen-bond acceptors (Lipinski definition) is 7. The van der Waals surface area contributed by atoms with E-state index in [1.165, 1.54) is 88.6 Å². The molecule has 1 aliphatic carbocycles. The molecule has 1 aliphatic rings. The third-order valence-electron chi connectivity index (χ3n) is 6.76. The van der Waals surface area contributed by atoms with Crippen LogP contribution in [0.2, 0.25) is 0 Å². The summed E-state index contributed by atoms with van der Waals surface area (Å²) in [7, 11) is -0.874. The van der Waals surface area contributed by atoms with Crippen LogP contribution in [0.5, 0.6) is 0 Å². The fourth-order valence-electron chi connectivity index (χ4n) is 4.37. The highest BCUT2D eigenvalue weighted by Crippen LogP contribution is 2.24. The molecule has 0 heterocycles. The third-order valence-corrected chi connectivity index (χ3v) is 8.48. The van der Waals surface area contributed by atoms with Crippen LogP contribution < -0.4 is 0 Å². The Morgan fingerprint density at radius 1 is 1.00 bits per heavy atom. The first-order valence-electron chi connectivity index (χ1n) is 14.1. The molecular weight excluding hydrogens is 499 g/mol. The van der Waals surface area contributed by atoms with Crippen molar-refractivity contribution in [2.24, 2.45) is 0 Å². The van der Waals surface area contributed by atoms with E-state index in [1.807, 2.05) is 0 Å². The van der Waals surface area contributed by atoms with E-state index in [0.717, 1.165) is 12.8 Å². The van der Waals surface area contributed by atoms with E-state index < -0.39 is 26.4 Å². The molecule has 36 heavy (non-hydrogen) atoms. The molecular formula is C27H51O7PS. The van der Waals surface area contributed by atoms with Gasteiger partial charge in [0, 0.05) is 13.2 Å². The van der Waals surface area contributed by atoms with Crippen molar-refractivity contribution in [3.05, 3.63) is 0 Å². The van der Waals surface area contributed by atoms with Crippen molar-refractivity contribution in [2.75, 3.05) is 31.3 Å². The van der Waals surface area contributed by atoms with Gasteiger partial charge in [-0.1, -0.05) is 58.3 Å². The SMILES string of the molecule is CCC(CCSCCCCCCCCC(C)OCCCOCC(O)(P=O)C(=O)O)OC1CCCCC1. The Balaban J connectivity index is 1.86. The number of rotatable bonds is 24. The molecule has 0 aromatic rings. The molecule has 0 aromatic carbocycles. The summed E-state index contributed by atoms with van der Waals surface area (Å²) < 4.78 is 28.0. The van der Waals surface area contributed by atoms with Crippen molar-refractivity contribution in [2.45, 2.75) is 134 Å². The van der Waals surface area contributed by atoms with Gasteiger partial charge in [0.05, 0.1) is 24.9 Å². The maximum atomic E-state index is 10.8. The zero-order valence-corrected chi connectivity index (χ0v) is 24.4. The molecule has 0 saturated heterocycles. The summed E-state index contributed by atoms with van der Waals surface area (Å²) in [6.45, 7) is 4.60. The monoisotopic (exact) mass is 550 g/mol. The van der Waals surface area contributed by atoms with Crippen LogP contribution in [0.25, 0.3) is 0 Å². The number of ether oxygens (including phenoxy) is 3. The molecule has 3 unspecified atom stereocenters. The van der Waals surface area contributed by atoms with Gasteiger partial charge in [-0.05, 0) is 63.4 Å². The van der Waals surface area contributed by atoms with E-state index in [4.69, 9.17) is 19.3 Å². The summed E-state index contributed by atoms with van der Waals surface area (Å²) in [6.07, 6.45) is 19.3. The van der Waals surface area contributed by atoms with Crippen molar-refractivity contribution in [1.82, 2.24) is 0 Å². The number of unbranched alkanes of at least 4 members (excludes halogenated alkanes) is 5. The Morgan fingerprint density at radius 2 is 1.69 bits per heavy atom. The number of hydrogen-bond donors (Lipinski definition) is 2.